The first-order valence-corrected chi connectivity index (χ1v) is 11.5. The Morgan fingerprint density at radius 1 is 1.29 bits per heavy atom. The van der Waals surface area contributed by atoms with Crippen LogP contribution in [0.25, 0.3) is 0 Å². The predicted molar refractivity (Wildman–Crippen MR) is 90.3 cm³/mol. The summed E-state index contributed by atoms with van der Waals surface area (Å²) in [5.41, 5.74) is 0.0574. The number of carbonyl (C=O) groups excluding carboxylic acids is 1. The molecule has 1 fully saturated rings. The second kappa shape index (κ2) is 7.47. The lowest BCUT2D eigenvalue weighted by atomic mass is 9.90. The van der Waals surface area contributed by atoms with Gasteiger partial charge in [-0.05, 0) is 24.7 Å². The van der Waals surface area contributed by atoms with Gasteiger partial charge in [0.2, 0.25) is 0 Å². The van der Waals surface area contributed by atoms with E-state index in [2.05, 4.69) is 13.8 Å². The first kappa shape index (κ1) is 19.0. The molecular weight excluding hydrogens is 308 g/mol. The lowest BCUT2D eigenvalue weighted by molar-refractivity contribution is -0.116. The second-order valence-electron chi connectivity index (χ2n) is 6.80. The Labute approximate surface area is 131 Å². The van der Waals surface area contributed by atoms with E-state index >= 15 is 0 Å². The minimum Gasteiger partial charge on any atom is -0.299 e. The maximum absolute atomic E-state index is 12.2. The van der Waals surface area contributed by atoms with Crippen LogP contribution in [0.3, 0.4) is 0 Å². The molecule has 1 heterocycles. The van der Waals surface area contributed by atoms with Crippen LogP contribution in [0.5, 0.6) is 0 Å². The molecule has 0 spiro atoms. The van der Waals surface area contributed by atoms with Gasteiger partial charge in [-0.3, -0.25) is 4.79 Å². The average Bonchev–Trinajstić information content (AvgIpc) is 2.34. The van der Waals surface area contributed by atoms with Crippen molar-refractivity contribution in [3.05, 3.63) is 0 Å². The van der Waals surface area contributed by atoms with Crippen molar-refractivity contribution in [3.63, 3.8) is 0 Å². The van der Waals surface area contributed by atoms with Crippen LogP contribution < -0.4 is 0 Å². The van der Waals surface area contributed by atoms with Gasteiger partial charge in [-0.2, -0.15) is 8.42 Å². The van der Waals surface area contributed by atoms with E-state index < -0.39 is 20.4 Å². The van der Waals surface area contributed by atoms with Crippen LogP contribution in [0.2, 0.25) is 0 Å². The SMILES string of the molecule is CCCCS(=O)(=O)OS1(CC(=O)CC)CCCC(C)(C)C1. The maximum atomic E-state index is 12.2. The van der Waals surface area contributed by atoms with Crippen molar-refractivity contribution in [1.82, 2.24) is 0 Å². The molecule has 21 heavy (non-hydrogen) atoms. The number of rotatable bonds is 8. The van der Waals surface area contributed by atoms with E-state index in [1.807, 2.05) is 13.8 Å². The molecule has 0 amide bonds. The lowest BCUT2D eigenvalue weighted by Gasteiger charge is -2.47. The fourth-order valence-electron chi connectivity index (χ4n) is 2.85. The van der Waals surface area contributed by atoms with Gasteiger partial charge < -0.3 is 0 Å². The molecule has 0 N–H and O–H groups in total. The summed E-state index contributed by atoms with van der Waals surface area (Å²) in [5.74, 6) is 1.95. The minimum absolute atomic E-state index is 0.0574. The van der Waals surface area contributed by atoms with Crippen molar-refractivity contribution < 1.29 is 16.8 Å². The molecular formula is C15H30O4S2. The van der Waals surface area contributed by atoms with Gasteiger partial charge in [0.1, 0.15) is 5.78 Å². The zero-order valence-electron chi connectivity index (χ0n) is 13.8. The van der Waals surface area contributed by atoms with E-state index in [-0.39, 0.29) is 17.0 Å². The highest BCUT2D eigenvalue weighted by Gasteiger charge is 2.41. The number of ketones is 1. The molecule has 1 unspecified atom stereocenters. The van der Waals surface area contributed by atoms with Crippen molar-refractivity contribution in [3.8, 4) is 0 Å². The van der Waals surface area contributed by atoms with E-state index in [0.29, 0.717) is 18.6 Å². The van der Waals surface area contributed by atoms with Crippen molar-refractivity contribution >= 4 is 26.2 Å². The summed E-state index contributed by atoms with van der Waals surface area (Å²) in [6.45, 7) is 8.08. The molecule has 0 aliphatic carbocycles. The second-order valence-corrected chi connectivity index (χ2v) is 11.8. The summed E-state index contributed by atoms with van der Waals surface area (Å²) in [4.78, 5) is 11.9. The molecule has 0 aromatic rings. The van der Waals surface area contributed by atoms with E-state index in [1.54, 1.807) is 0 Å². The molecule has 0 saturated carbocycles. The highest BCUT2D eigenvalue weighted by Crippen LogP contribution is 2.59. The minimum atomic E-state index is -3.52. The van der Waals surface area contributed by atoms with Crippen molar-refractivity contribution in [2.45, 2.75) is 59.8 Å². The fraction of sp³-hybridized carbons (Fsp3) is 0.933. The molecule has 4 nitrogen and oxygen atoms in total. The molecule has 0 radical (unpaired) electrons. The standard InChI is InChI=1S/C15H30O4S2/c1-5-7-11-21(17,18)19-20(12-14(16)6-2)10-8-9-15(3,4)13-20/h5-13H2,1-4H3. The monoisotopic (exact) mass is 338 g/mol. The number of carbonyl (C=O) groups is 1. The Bertz CT molecular complexity index is 456. The summed E-state index contributed by atoms with van der Waals surface area (Å²) in [6, 6.07) is 0. The third-order valence-corrected chi connectivity index (χ3v) is 9.80. The lowest BCUT2D eigenvalue weighted by Crippen LogP contribution is -2.35. The highest BCUT2D eigenvalue weighted by atomic mass is 32.3. The molecule has 6 heteroatoms. The molecule has 1 aliphatic rings. The van der Waals surface area contributed by atoms with Gasteiger partial charge in [0.15, 0.2) is 0 Å². The van der Waals surface area contributed by atoms with Crippen LogP contribution in [0.15, 0.2) is 0 Å². The molecule has 0 aromatic carbocycles. The molecule has 0 aromatic heterocycles. The maximum Gasteiger partial charge on any atom is 0.276 e. The predicted octanol–water partition coefficient (Wildman–Crippen LogP) is 3.65. The summed E-state index contributed by atoms with van der Waals surface area (Å²) in [7, 11) is -5.36. The van der Waals surface area contributed by atoms with E-state index in [9.17, 15) is 13.2 Å². The van der Waals surface area contributed by atoms with Crippen LogP contribution in [0.4, 0.5) is 0 Å². The van der Waals surface area contributed by atoms with Gasteiger partial charge in [-0.25, -0.2) is 3.63 Å². The Morgan fingerprint density at radius 3 is 2.48 bits per heavy atom. The van der Waals surface area contributed by atoms with Gasteiger partial charge in [0.25, 0.3) is 10.1 Å². The summed E-state index contributed by atoms with van der Waals surface area (Å²) in [5, 5.41) is 0. The molecule has 1 aliphatic heterocycles. The quantitative estimate of drug-likeness (QED) is 0.678. The van der Waals surface area contributed by atoms with Crippen LogP contribution in [0.1, 0.15) is 59.8 Å². The molecule has 1 saturated heterocycles. The van der Waals surface area contributed by atoms with Gasteiger partial charge in [-0.15, -0.1) is 10.3 Å². The number of hydrogen-bond acceptors (Lipinski definition) is 4. The Morgan fingerprint density at radius 2 is 1.95 bits per heavy atom. The summed E-state index contributed by atoms with van der Waals surface area (Å²) < 4.78 is 30.2. The van der Waals surface area contributed by atoms with Crippen LogP contribution in [-0.2, 0) is 18.5 Å². The van der Waals surface area contributed by atoms with Crippen LogP contribution in [0, 0.1) is 5.41 Å². The van der Waals surface area contributed by atoms with E-state index in [1.165, 1.54) is 0 Å². The normalized spacial score (nSPS) is 28.8. The summed E-state index contributed by atoms with van der Waals surface area (Å²) in [6.07, 6.45) is 3.91. The van der Waals surface area contributed by atoms with Crippen molar-refractivity contribution in [2.75, 3.05) is 23.0 Å². The first-order valence-electron chi connectivity index (χ1n) is 7.85. The smallest absolute Gasteiger partial charge is 0.276 e. The third-order valence-electron chi connectivity index (χ3n) is 3.84. The third kappa shape index (κ3) is 6.28. The molecule has 126 valence electrons. The molecule has 1 atom stereocenters. The average molecular weight is 339 g/mol. The zero-order valence-corrected chi connectivity index (χ0v) is 15.4. The fourth-order valence-corrected chi connectivity index (χ4v) is 9.60. The Balaban J connectivity index is 2.94. The van der Waals surface area contributed by atoms with Crippen molar-refractivity contribution in [1.29, 1.82) is 0 Å². The van der Waals surface area contributed by atoms with Gasteiger partial charge >= 0.3 is 0 Å². The van der Waals surface area contributed by atoms with Gasteiger partial charge in [-0.1, -0.05) is 34.1 Å². The van der Waals surface area contributed by atoms with E-state index in [4.69, 9.17) is 3.63 Å². The first-order chi connectivity index (χ1) is 9.64. The number of unbranched alkanes of at least 4 members (excludes halogenated alkanes) is 1. The van der Waals surface area contributed by atoms with Gasteiger partial charge in [0, 0.05) is 17.9 Å². The van der Waals surface area contributed by atoms with E-state index in [0.717, 1.165) is 30.8 Å². The molecule has 0 bridgehead atoms. The van der Waals surface area contributed by atoms with Crippen LogP contribution >= 0.6 is 10.3 Å². The van der Waals surface area contributed by atoms with Crippen LogP contribution in [-0.4, -0.2) is 37.2 Å². The Kier molecular flexibility index (Phi) is 6.75. The van der Waals surface area contributed by atoms with Gasteiger partial charge in [0.05, 0.1) is 11.5 Å². The number of hydrogen-bond donors (Lipinski definition) is 0. The van der Waals surface area contributed by atoms with Crippen molar-refractivity contribution in [2.24, 2.45) is 5.41 Å². The largest absolute Gasteiger partial charge is 0.299 e. The number of Topliss-reactive ketones (excluding diaryl/α,β-unsaturated/α-hetero) is 1. The molecule has 1 rings (SSSR count). The zero-order chi connectivity index (χ0) is 16.1. The Hall–Kier alpha value is -0.0700. The summed E-state index contributed by atoms with van der Waals surface area (Å²) >= 11 is 0. The topological polar surface area (TPSA) is 60.4 Å². The highest BCUT2D eigenvalue weighted by molar-refractivity contribution is 8.33.